The van der Waals surface area contributed by atoms with Gasteiger partial charge in [0, 0.05) is 0 Å². The van der Waals surface area contributed by atoms with Gasteiger partial charge in [-0.2, -0.15) is 0 Å². The van der Waals surface area contributed by atoms with Gasteiger partial charge < -0.3 is 24.1 Å². The average molecular weight is 330 g/mol. The topological polar surface area (TPSA) is 40.5 Å². The first-order valence-corrected chi connectivity index (χ1v) is 3.56. The van der Waals surface area contributed by atoms with E-state index in [4.69, 9.17) is 10.2 Å². The molecule has 0 saturated heterocycles. The van der Waals surface area contributed by atoms with E-state index < -0.39 is 0 Å². The molecule has 2 unspecified atom stereocenters. The van der Waals surface area contributed by atoms with Gasteiger partial charge in [-0.3, -0.25) is 0 Å². The van der Waals surface area contributed by atoms with E-state index in [9.17, 15) is 0 Å². The van der Waals surface area contributed by atoms with Gasteiger partial charge in [0.25, 0.3) is 0 Å². The van der Waals surface area contributed by atoms with Gasteiger partial charge in [-0.15, -0.1) is 0 Å². The van der Waals surface area contributed by atoms with Crippen LogP contribution in [-0.2, 0) is 21.1 Å². The van der Waals surface area contributed by atoms with Gasteiger partial charge >= 0.3 is 21.1 Å². The zero-order valence-electron chi connectivity index (χ0n) is 7.29. The Labute approximate surface area is 84.3 Å². The summed E-state index contributed by atoms with van der Waals surface area (Å²) in [5.41, 5.74) is 0. The minimum atomic E-state index is -0.366. The summed E-state index contributed by atoms with van der Waals surface area (Å²) >= 11 is 0. The minimum Gasteiger partial charge on any atom is -0.425 e. The summed E-state index contributed by atoms with van der Waals surface area (Å²) in [6.07, 6.45) is 0.769. The number of rotatable bonds is 2. The quantitative estimate of drug-likeness (QED) is 0.747. The third kappa shape index (κ3) is 37.0. The molecule has 0 aromatic heterocycles. The van der Waals surface area contributed by atoms with Gasteiger partial charge in [-0.1, -0.05) is 38.9 Å². The Morgan fingerprint density at radius 3 is 1.09 bits per heavy atom. The van der Waals surface area contributed by atoms with Crippen LogP contribution in [0, 0.1) is 13.8 Å². The summed E-state index contributed by atoms with van der Waals surface area (Å²) < 4.78 is 0. The van der Waals surface area contributed by atoms with Crippen LogP contribution in [0.25, 0.3) is 0 Å². The van der Waals surface area contributed by atoms with E-state index in [0.717, 1.165) is 12.8 Å². The van der Waals surface area contributed by atoms with E-state index >= 15 is 0 Å². The van der Waals surface area contributed by atoms with E-state index in [1.807, 2.05) is 13.8 Å². The van der Waals surface area contributed by atoms with Crippen LogP contribution in [0.5, 0.6) is 0 Å². The normalized spacial score (nSPS) is 13.6. The molecule has 0 bridgehead atoms. The summed E-state index contributed by atoms with van der Waals surface area (Å²) in [6.45, 7) is 10.4. The fraction of sp³-hybridized carbons (Fsp3) is 0.750. The van der Waals surface area contributed by atoms with Crippen molar-refractivity contribution in [1.82, 2.24) is 0 Å². The van der Waals surface area contributed by atoms with Gasteiger partial charge in [0.1, 0.15) is 0 Å². The summed E-state index contributed by atoms with van der Waals surface area (Å²) in [5, 5.41) is 16.5. The summed E-state index contributed by atoms with van der Waals surface area (Å²) in [5.74, 6) is 0. The van der Waals surface area contributed by atoms with Crippen LogP contribution in [0.1, 0.15) is 26.7 Å². The molecule has 0 aromatic rings. The molecule has 11 heavy (non-hydrogen) atoms. The van der Waals surface area contributed by atoms with E-state index in [0.29, 0.717) is 0 Å². The van der Waals surface area contributed by atoms with Gasteiger partial charge in [0.15, 0.2) is 0 Å². The Kier molecular flexibility index (Phi) is 21.2. The predicted octanol–water partition coefficient (Wildman–Crippen LogP) is 1.18. The van der Waals surface area contributed by atoms with Crippen molar-refractivity contribution >= 4 is 0 Å². The largest absolute Gasteiger partial charge is 2.00 e. The standard InChI is InChI=1S/2C4H9O.W/c2*1-3-4(2)5;/h2*4-5H,2-3H2,1H3;/q2*-1;+2. The van der Waals surface area contributed by atoms with E-state index in [1.54, 1.807) is 0 Å². The Hall–Kier alpha value is 0.608. The second kappa shape index (κ2) is 13.2. The predicted molar refractivity (Wildman–Crippen MR) is 43.3 cm³/mol. The van der Waals surface area contributed by atoms with Crippen LogP contribution in [0.4, 0.5) is 0 Å². The van der Waals surface area contributed by atoms with Crippen molar-refractivity contribution in [2.45, 2.75) is 38.9 Å². The zero-order chi connectivity index (χ0) is 8.57. The third-order valence-electron chi connectivity index (χ3n) is 0.942. The maximum atomic E-state index is 8.25. The van der Waals surface area contributed by atoms with Crippen LogP contribution in [0.3, 0.4) is 0 Å². The van der Waals surface area contributed by atoms with Crippen molar-refractivity contribution in [1.29, 1.82) is 0 Å². The molecule has 0 heterocycles. The van der Waals surface area contributed by atoms with Gasteiger partial charge in [0.2, 0.25) is 0 Å². The number of aliphatic hydroxyl groups excluding tert-OH is 2. The fourth-order valence-corrected chi connectivity index (χ4v) is 0. The molecule has 0 aliphatic heterocycles. The van der Waals surface area contributed by atoms with Crippen molar-refractivity contribution in [2.24, 2.45) is 0 Å². The fourth-order valence-electron chi connectivity index (χ4n) is 0. The van der Waals surface area contributed by atoms with Crippen LogP contribution >= 0.6 is 0 Å². The average Bonchev–Trinajstić information content (AvgIpc) is 1.89. The van der Waals surface area contributed by atoms with Crippen LogP contribution in [0.2, 0.25) is 0 Å². The van der Waals surface area contributed by atoms with Crippen molar-refractivity contribution < 1.29 is 31.3 Å². The molecule has 0 amide bonds. The van der Waals surface area contributed by atoms with Gasteiger partial charge in [0.05, 0.1) is 0 Å². The molecule has 0 rings (SSSR count). The Bertz CT molecular complexity index is 48.1. The number of hydrogen-bond acceptors (Lipinski definition) is 2. The molecule has 0 aliphatic carbocycles. The molecule has 0 radical (unpaired) electrons. The van der Waals surface area contributed by atoms with Crippen molar-refractivity contribution in [2.75, 3.05) is 0 Å². The van der Waals surface area contributed by atoms with Gasteiger partial charge in [-0.25, -0.2) is 0 Å². The van der Waals surface area contributed by atoms with Gasteiger partial charge in [-0.05, 0) is 0 Å². The summed E-state index contributed by atoms with van der Waals surface area (Å²) in [6, 6.07) is 0. The van der Waals surface area contributed by atoms with Crippen molar-refractivity contribution in [3.05, 3.63) is 13.8 Å². The molecule has 0 spiro atoms. The third-order valence-corrected chi connectivity index (χ3v) is 0.942. The minimum absolute atomic E-state index is 0. The Morgan fingerprint density at radius 2 is 1.09 bits per heavy atom. The molecule has 3 heteroatoms. The smallest absolute Gasteiger partial charge is 0.425 e. The molecule has 2 atom stereocenters. The Balaban J connectivity index is -0.000000107. The molecular weight excluding hydrogens is 312 g/mol. The maximum Gasteiger partial charge on any atom is 2.00 e. The first-order valence-electron chi connectivity index (χ1n) is 3.56. The summed E-state index contributed by atoms with van der Waals surface area (Å²) in [7, 11) is 0. The van der Waals surface area contributed by atoms with Crippen LogP contribution < -0.4 is 0 Å². The van der Waals surface area contributed by atoms with E-state index in [1.165, 1.54) is 0 Å². The molecule has 0 fully saturated rings. The van der Waals surface area contributed by atoms with E-state index in [-0.39, 0.29) is 33.3 Å². The van der Waals surface area contributed by atoms with Crippen molar-refractivity contribution in [3.8, 4) is 0 Å². The maximum absolute atomic E-state index is 8.25. The number of hydrogen-bond donors (Lipinski definition) is 2. The second-order valence-corrected chi connectivity index (χ2v) is 2.12. The first kappa shape index (κ1) is 17.6. The second-order valence-electron chi connectivity index (χ2n) is 2.12. The first-order chi connectivity index (χ1) is 4.54. The van der Waals surface area contributed by atoms with Crippen molar-refractivity contribution in [3.63, 3.8) is 0 Å². The molecular formula is C8H18O2W. The molecule has 2 nitrogen and oxygen atoms in total. The summed E-state index contributed by atoms with van der Waals surface area (Å²) in [4.78, 5) is 0. The zero-order valence-corrected chi connectivity index (χ0v) is 10.2. The molecule has 2 N–H and O–H groups in total. The van der Waals surface area contributed by atoms with Crippen LogP contribution in [0.15, 0.2) is 0 Å². The molecule has 0 aromatic carbocycles. The molecule has 0 aliphatic rings. The van der Waals surface area contributed by atoms with E-state index in [2.05, 4.69) is 13.8 Å². The molecule has 0 saturated carbocycles. The SMILES string of the molecule is [CH2-]C(O)CC.[CH2-]C(O)CC.[W+2]. The Morgan fingerprint density at radius 1 is 1.00 bits per heavy atom. The monoisotopic (exact) mass is 330 g/mol. The van der Waals surface area contributed by atoms with Crippen LogP contribution in [-0.4, -0.2) is 22.4 Å². The molecule has 68 valence electrons. The number of aliphatic hydroxyl groups is 2.